The van der Waals surface area contributed by atoms with E-state index in [9.17, 15) is 5.26 Å². The van der Waals surface area contributed by atoms with Crippen LogP contribution in [0, 0.1) is 25.2 Å². The van der Waals surface area contributed by atoms with Gasteiger partial charge in [-0.05, 0) is 49.8 Å². The number of benzene rings is 1. The van der Waals surface area contributed by atoms with Gasteiger partial charge in [0.15, 0.2) is 0 Å². The molecule has 1 fully saturated rings. The van der Waals surface area contributed by atoms with Gasteiger partial charge in [-0.15, -0.1) is 0 Å². The van der Waals surface area contributed by atoms with Gasteiger partial charge >= 0.3 is 0 Å². The molecule has 1 aromatic carbocycles. The van der Waals surface area contributed by atoms with Crippen molar-refractivity contribution < 1.29 is 4.74 Å². The zero-order chi connectivity index (χ0) is 11.8. The van der Waals surface area contributed by atoms with Crippen LogP contribution >= 0.6 is 0 Å². The molecule has 0 unspecified atom stereocenters. The highest BCUT2D eigenvalue weighted by molar-refractivity contribution is 5.48. The molecule has 16 heavy (non-hydrogen) atoms. The van der Waals surface area contributed by atoms with Crippen molar-refractivity contribution in [1.29, 1.82) is 5.26 Å². The fourth-order valence-corrected chi connectivity index (χ4v) is 2.54. The van der Waals surface area contributed by atoms with Crippen molar-refractivity contribution in [3.63, 3.8) is 0 Å². The molecule has 1 aliphatic carbocycles. The molecule has 84 valence electrons. The van der Waals surface area contributed by atoms with Crippen LogP contribution in [0.25, 0.3) is 0 Å². The fraction of sp³-hybridized carbons (Fsp3) is 0.500. The van der Waals surface area contributed by atoms with Gasteiger partial charge in [0.05, 0.1) is 18.6 Å². The molecule has 0 heterocycles. The summed E-state index contributed by atoms with van der Waals surface area (Å²) in [6.07, 6.45) is 3.15. The molecule has 1 saturated carbocycles. The first-order chi connectivity index (χ1) is 7.63. The second kappa shape index (κ2) is 3.83. The third-order valence-electron chi connectivity index (χ3n) is 3.64. The monoisotopic (exact) mass is 215 g/mol. The Morgan fingerprint density at radius 2 is 1.81 bits per heavy atom. The first-order valence-electron chi connectivity index (χ1n) is 5.70. The average molecular weight is 215 g/mol. The minimum Gasteiger partial charge on any atom is -0.496 e. The average Bonchev–Trinajstić information content (AvgIpc) is 2.16. The standard InChI is InChI=1S/C14H17NO/c1-10-7-12(8-11(2)13(10)16-3)14(9-15)5-4-6-14/h7-8H,4-6H2,1-3H3. The van der Waals surface area contributed by atoms with E-state index in [0.29, 0.717) is 0 Å². The second-order valence-electron chi connectivity index (χ2n) is 4.69. The van der Waals surface area contributed by atoms with Crippen LogP contribution in [-0.4, -0.2) is 7.11 Å². The first-order valence-corrected chi connectivity index (χ1v) is 5.70. The van der Waals surface area contributed by atoms with Crippen molar-refractivity contribution in [2.24, 2.45) is 0 Å². The van der Waals surface area contributed by atoms with E-state index >= 15 is 0 Å². The van der Waals surface area contributed by atoms with Crippen LogP contribution in [0.5, 0.6) is 5.75 Å². The van der Waals surface area contributed by atoms with Crippen molar-refractivity contribution in [1.82, 2.24) is 0 Å². The van der Waals surface area contributed by atoms with Gasteiger partial charge in [0.2, 0.25) is 0 Å². The zero-order valence-electron chi connectivity index (χ0n) is 10.1. The molecule has 2 nitrogen and oxygen atoms in total. The van der Waals surface area contributed by atoms with E-state index in [1.165, 1.54) is 0 Å². The molecule has 1 aromatic rings. The summed E-state index contributed by atoms with van der Waals surface area (Å²) in [4.78, 5) is 0. The van der Waals surface area contributed by atoms with Gasteiger partial charge in [-0.3, -0.25) is 0 Å². The predicted octanol–water partition coefficient (Wildman–Crippen LogP) is 3.26. The topological polar surface area (TPSA) is 33.0 Å². The lowest BCUT2D eigenvalue weighted by atomic mass is 9.65. The smallest absolute Gasteiger partial charge is 0.124 e. The van der Waals surface area contributed by atoms with Gasteiger partial charge in [0.25, 0.3) is 0 Å². The Morgan fingerprint density at radius 3 is 2.12 bits per heavy atom. The van der Waals surface area contributed by atoms with E-state index in [0.717, 1.165) is 41.7 Å². The van der Waals surface area contributed by atoms with Crippen LogP contribution in [0.2, 0.25) is 0 Å². The highest BCUT2D eigenvalue weighted by atomic mass is 16.5. The zero-order valence-corrected chi connectivity index (χ0v) is 10.1. The Labute approximate surface area is 96.9 Å². The SMILES string of the molecule is COc1c(C)cc(C2(C#N)CCC2)cc1C. The summed E-state index contributed by atoms with van der Waals surface area (Å²) < 4.78 is 5.35. The largest absolute Gasteiger partial charge is 0.496 e. The molecule has 0 spiro atoms. The van der Waals surface area contributed by atoms with E-state index < -0.39 is 0 Å². The maximum Gasteiger partial charge on any atom is 0.124 e. The van der Waals surface area contributed by atoms with Gasteiger partial charge in [-0.1, -0.05) is 12.1 Å². The summed E-state index contributed by atoms with van der Waals surface area (Å²) in [5, 5.41) is 9.32. The van der Waals surface area contributed by atoms with Crippen LogP contribution in [-0.2, 0) is 5.41 Å². The molecule has 0 N–H and O–H groups in total. The molecule has 1 aliphatic rings. The second-order valence-corrected chi connectivity index (χ2v) is 4.69. The molecule has 0 amide bonds. The number of methoxy groups -OCH3 is 1. The Bertz CT molecular complexity index is 429. The van der Waals surface area contributed by atoms with Crippen LogP contribution in [0.15, 0.2) is 12.1 Å². The normalized spacial score (nSPS) is 17.4. The molecular weight excluding hydrogens is 198 g/mol. The number of nitrogens with zero attached hydrogens (tertiary/aromatic N) is 1. The lowest BCUT2D eigenvalue weighted by Crippen LogP contribution is -2.32. The summed E-state index contributed by atoms with van der Waals surface area (Å²) in [5.41, 5.74) is 3.19. The van der Waals surface area contributed by atoms with E-state index in [4.69, 9.17) is 4.74 Å². The Hall–Kier alpha value is -1.49. The van der Waals surface area contributed by atoms with Crippen LogP contribution < -0.4 is 4.74 Å². The molecule has 0 radical (unpaired) electrons. The van der Waals surface area contributed by atoms with Crippen molar-refractivity contribution in [2.75, 3.05) is 7.11 Å². The predicted molar refractivity (Wildman–Crippen MR) is 63.6 cm³/mol. The van der Waals surface area contributed by atoms with Gasteiger partial charge in [-0.25, -0.2) is 0 Å². The van der Waals surface area contributed by atoms with Gasteiger partial charge < -0.3 is 4.74 Å². The first kappa shape index (κ1) is 11.0. The molecule has 0 aromatic heterocycles. The Balaban J connectivity index is 2.48. The summed E-state index contributed by atoms with van der Waals surface area (Å²) in [7, 11) is 1.69. The Kier molecular flexibility index (Phi) is 2.63. The summed E-state index contributed by atoms with van der Waals surface area (Å²) in [6, 6.07) is 6.69. The van der Waals surface area contributed by atoms with E-state index in [1.807, 2.05) is 13.8 Å². The molecule has 0 saturated heterocycles. The maximum absolute atomic E-state index is 9.32. The Morgan fingerprint density at radius 1 is 1.25 bits per heavy atom. The van der Waals surface area contributed by atoms with E-state index in [2.05, 4.69) is 18.2 Å². The quantitative estimate of drug-likeness (QED) is 0.758. The van der Waals surface area contributed by atoms with Gasteiger partial charge in [0.1, 0.15) is 5.75 Å². The third kappa shape index (κ3) is 1.48. The highest BCUT2D eigenvalue weighted by Crippen LogP contribution is 2.44. The van der Waals surface area contributed by atoms with Crippen molar-refractivity contribution in [3.8, 4) is 11.8 Å². The lowest BCUT2D eigenvalue weighted by molar-refractivity contribution is 0.323. The number of nitriles is 1. The number of aryl methyl sites for hydroxylation is 2. The van der Waals surface area contributed by atoms with Gasteiger partial charge in [0, 0.05) is 0 Å². The van der Waals surface area contributed by atoms with E-state index in [-0.39, 0.29) is 5.41 Å². The number of ether oxygens (including phenoxy) is 1. The summed E-state index contributed by atoms with van der Waals surface area (Å²) in [6.45, 7) is 4.08. The highest BCUT2D eigenvalue weighted by Gasteiger charge is 2.39. The minimum absolute atomic E-state index is 0.220. The third-order valence-corrected chi connectivity index (χ3v) is 3.64. The molecule has 0 aliphatic heterocycles. The number of rotatable bonds is 2. The lowest BCUT2D eigenvalue weighted by Gasteiger charge is -2.36. The van der Waals surface area contributed by atoms with Crippen LogP contribution in [0.3, 0.4) is 0 Å². The molecular formula is C14H17NO. The molecule has 0 bridgehead atoms. The summed E-state index contributed by atoms with van der Waals surface area (Å²) >= 11 is 0. The van der Waals surface area contributed by atoms with Crippen LogP contribution in [0.1, 0.15) is 36.0 Å². The maximum atomic E-state index is 9.32. The molecule has 2 rings (SSSR count). The van der Waals surface area contributed by atoms with Crippen molar-refractivity contribution >= 4 is 0 Å². The fourth-order valence-electron chi connectivity index (χ4n) is 2.54. The van der Waals surface area contributed by atoms with E-state index in [1.54, 1.807) is 7.11 Å². The number of hydrogen-bond acceptors (Lipinski definition) is 2. The van der Waals surface area contributed by atoms with Crippen molar-refractivity contribution in [3.05, 3.63) is 28.8 Å². The van der Waals surface area contributed by atoms with Crippen molar-refractivity contribution in [2.45, 2.75) is 38.5 Å². The summed E-state index contributed by atoms with van der Waals surface area (Å²) in [5.74, 6) is 0.941. The van der Waals surface area contributed by atoms with Crippen LogP contribution in [0.4, 0.5) is 0 Å². The molecule has 0 atom stereocenters. The number of hydrogen-bond donors (Lipinski definition) is 0. The molecule has 2 heteroatoms. The minimum atomic E-state index is -0.220. The van der Waals surface area contributed by atoms with Gasteiger partial charge in [-0.2, -0.15) is 5.26 Å².